The van der Waals surface area contributed by atoms with Gasteiger partial charge in [0.25, 0.3) is 6.71 Å². The van der Waals surface area contributed by atoms with Gasteiger partial charge in [0.2, 0.25) is 0 Å². The fourth-order valence-corrected chi connectivity index (χ4v) is 18.7. The molecular weight excluding hydrogens is 1150 g/mol. The standard InChI is InChI=1S/C90H63BN2S/c1-8-29-64(30-9-1)66-33-26-36-69(57-66)80-49-22-24-51-82(80)71-53-55-86-84(60-71)91-85-61-72(83-52-25-23-50-81(83)70-37-27-34-67(58-70)65-31-10-2-11-32-65)54-56-87(85)93(75-40-14-4-15-41-75)89-63-73(62-88(90(89)91)92(86)74-38-12-3-13-39-74)68-35-28-48-79(59-68)94(76-42-16-5-17-43-76,77-44-18-6-19-45-77)78-46-20-7-21-47-78/h1-63H. The van der Waals surface area contributed by atoms with Gasteiger partial charge in [-0.15, -0.1) is 10.0 Å². The van der Waals surface area contributed by atoms with E-state index in [1.54, 1.807) is 0 Å². The molecule has 0 saturated carbocycles. The third-order valence-electron chi connectivity index (χ3n) is 18.9. The van der Waals surface area contributed by atoms with E-state index >= 15 is 0 Å². The summed E-state index contributed by atoms with van der Waals surface area (Å²) >= 11 is 0. The molecule has 4 heteroatoms. The summed E-state index contributed by atoms with van der Waals surface area (Å²) in [4.78, 5) is 10.2. The Balaban J connectivity index is 0.921. The summed E-state index contributed by atoms with van der Waals surface area (Å²) in [5, 5.41) is 0. The first-order chi connectivity index (χ1) is 46.6. The minimum atomic E-state index is -2.01. The van der Waals surface area contributed by atoms with Gasteiger partial charge in [0, 0.05) is 53.7 Å². The molecule has 0 saturated heterocycles. The summed E-state index contributed by atoms with van der Waals surface area (Å²) in [5.41, 5.74) is 27.1. The third-order valence-corrected chi connectivity index (χ3v) is 22.8. The maximum Gasteiger partial charge on any atom is 0.252 e. The molecule has 0 aliphatic carbocycles. The van der Waals surface area contributed by atoms with Crippen molar-refractivity contribution in [2.75, 3.05) is 9.80 Å². The number of benzene rings is 15. The molecule has 2 nitrogen and oxygen atoms in total. The zero-order valence-corrected chi connectivity index (χ0v) is 52.6. The van der Waals surface area contributed by atoms with Gasteiger partial charge in [0.1, 0.15) is 0 Å². The van der Waals surface area contributed by atoms with Gasteiger partial charge in [-0.3, -0.25) is 0 Å². The summed E-state index contributed by atoms with van der Waals surface area (Å²) in [7, 11) is -2.01. The molecule has 17 rings (SSSR count). The van der Waals surface area contributed by atoms with E-state index in [0.29, 0.717) is 0 Å². The van der Waals surface area contributed by atoms with Crippen LogP contribution in [0.1, 0.15) is 0 Å². The number of hydrogen-bond donors (Lipinski definition) is 0. The van der Waals surface area contributed by atoms with Gasteiger partial charge in [0.05, 0.1) is 0 Å². The Hall–Kier alpha value is -11.7. The van der Waals surface area contributed by atoms with E-state index < -0.39 is 10.0 Å². The summed E-state index contributed by atoms with van der Waals surface area (Å²) in [5.74, 6) is 0. The van der Waals surface area contributed by atoms with Crippen LogP contribution in [-0.4, -0.2) is 6.71 Å². The molecule has 15 aromatic rings. The van der Waals surface area contributed by atoms with Gasteiger partial charge in [-0.1, -0.05) is 273 Å². The Morgan fingerprint density at radius 3 is 0.883 bits per heavy atom. The van der Waals surface area contributed by atoms with Crippen LogP contribution in [0, 0.1) is 0 Å². The third kappa shape index (κ3) is 9.86. The molecule has 2 heterocycles. The van der Waals surface area contributed by atoms with Gasteiger partial charge in [0.15, 0.2) is 0 Å². The first kappa shape index (κ1) is 56.3. The number of rotatable bonds is 13. The van der Waals surface area contributed by atoms with E-state index in [0.717, 1.165) is 45.3 Å². The highest BCUT2D eigenvalue weighted by Gasteiger charge is 2.44. The van der Waals surface area contributed by atoms with Crippen LogP contribution >= 0.6 is 10.0 Å². The molecule has 2 aliphatic rings. The van der Waals surface area contributed by atoms with Crippen molar-refractivity contribution in [2.45, 2.75) is 19.6 Å². The van der Waals surface area contributed by atoms with Crippen LogP contribution in [0.3, 0.4) is 0 Å². The van der Waals surface area contributed by atoms with Crippen LogP contribution in [-0.2, 0) is 0 Å². The molecular formula is C90H63BN2S. The van der Waals surface area contributed by atoms with Crippen molar-refractivity contribution in [3.05, 3.63) is 382 Å². The molecule has 15 aromatic carbocycles. The Morgan fingerprint density at radius 1 is 0.191 bits per heavy atom. The van der Waals surface area contributed by atoms with Crippen molar-refractivity contribution in [3.8, 4) is 77.9 Å². The van der Waals surface area contributed by atoms with E-state index in [2.05, 4.69) is 392 Å². The highest BCUT2D eigenvalue weighted by molar-refractivity contribution is 8.34. The van der Waals surface area contributed by atoms with E-state index in [1.165, 1.54) is 103 Å². The van der Waals surface area contributed by atoms with Crippen molar-refractivity contribution in [2.24, 2.45) is 0 Å². The zero-order valence-electron chi connectivity index (χ0n) is 51.8. The van der Waals surface area contributed by atoms with Crippen LogP contribution in [0.15, 0.2) is 402 Å². The topological polar surface area (TPSA) is 6.48 Å². The second kappa shape index (κ2) is 24.2. The molecule has 0 N–H and O–H groups in total. The minimum absolute atomic E-state index is 0.191. The Morgan fingerprint density at radius 2 is 0.489 bits per heavy atom. The summed E-state index contributed by atoms with van der Waals surface area (Å²) < 4.78 is 0. The van der Waals surface area contributed by atoms with Gasteiger partial charge >= 0.3 is 0 Å². The highest BCUT2D eigenvalue weighted by atomic mass is 32.3. The predicted octanol–water partition coefficient (Wildman–Crippen LogP) is 22.8. The number of fused-ring (bicyclic) bond motifs is 4. The van der Waals surface area contributed by atoms with Gasteiger partial charge in [-0.05, 0) is 203 Å². The Bertz CT molecular complexity index is 4920. The molecule has 0 fully saturated rings. The molecule has 0 unspecified atom stereocenters. The molecule has 0 spiro atoms. The quantitative estimate of drug-likeness (QED) is 0.106. The molecule has 2 aliphatic heterocycles. The summed E-state index contributed by atoms with van der Waals surface area (Å²) in [6, 6.07) is 142. The summed E-state index contributed by atoms with van der Waals surface area (Å²) in [6.07, 6.45) is 0. The maximum absolute atomic E-state index is 2.55. The molecule has 0 amide bonds. The lowest BCUT2D eigenvalue weighted by Crippen LogP contribution is -2.61. The average Bonchev–Trinajstić information content (AvgIpc) is 0.687. The van der Waals surface area contributed by atoms with Crippen LogP contribution < -0.4 is 26.2 Å². The molecule has 0 aromatic heterocycles. The molecule has 442 valence electrons. The van der Waals surface area contributed by atoms with Crippen molar-refractivity contribution < 1.29 is 0 Å². The molecule has 0 bridgehead atoms. The lowest BCUT2D eigenvalue weighted by Gasteiger charge is -2.45. The normalized spacial score (nSPS) is 12.4. The fourth-order valence-electron chi connectivity index (χ4n) is 14.7. The lowest BCUT2D eigenvalue weighted by molar-refractivity contribution is 1.24. The highest BCUT2D eigenvalue weighted by Crippen LogP contribution is 2.73. The smallest absolute Gasteiger partial charge is 0.252 e. The first-order valence-corrected chi connectivity index (χ1v) is 34.0. The van der Waals surface area contributed by atoms with Crippen molar-refractivity contribution in [3.63, 3.8) is 0 Å². The second-order valence-corrected chi connectivity index (χ2v) is 27.4. The van der Waals surface area contributed by atoms with Gasteiger partial charge < -0.3 is 9.80 Å². The lowest BCUT2D eigenvalue weighted by atomic mass is 9.33. The van der Waals surface area contributed by atoms with Gasteiger partial charge in [-0.2, -0.15) is 0 Å². The molecule has 0 radical (unpaired) electrons. The van der Waals surface area contributed by atoms with E-state index in [-0.39, 0.29) is 6.71 Å². The number of anilines is 6. The van der Waals surface area contributed by atoms with Crippen LogP contribution in [0.25, 0.3) is 77.9 Å². The van der Waals surface area contributed by atoms with E-state index in [1.807, 2.05) is 0 Å². The second-order valence-electron chi connectivity index (χ2n) is 24.3. The number of hydrogen-bond acceptors (Lipinski definition) is 2. The van der Waals surface area contributed by atoms with Crippen molar-refractivity contribution in [1.29, 1.82) is 0 Å². The van der Waals surface area contributed by atoms with E-state index in [4.69, 9.17) is 0 Å². The largest absolute Gasteiger partial charge is 0.311 e. The zero-order chi connectivity index (χ0) is 62.4. The van der Waals surface area contributed by atoms with E-state index in [9.17, 15) is 0 Å². The SMILES string of the molecule is c1ccc(-c2cccc(-c3ccccc3-c3ccc4c(c3)B3c5cc(-c6ccccc6-c6cccc(-c7ccccc7)c6)ccc5N(c5ccccc5)c5cc(-c6cccc(S(c7ccccc7)(c7ccccc7)c7ccccc7)c6)cc(c53)N4c3ccccc3)c2)cc1. The van der Waals surface area contributed by atoms with Crippen LogP contribution in [0.2, 0.25) is 0 Å². The van der Waals surface area contributed by atoms with Crippen LogP contribution in [0.5, 0.6) is 0 Å². The first-order valence-electron chi connectivity index (χ1n) is 32.4. The fraction of sp³-hybridized carbons (Fsp3) is 0. The molecule has 0 atom stereocenters. The van der Waals surface area contributed by atoms with Gasteiger partial charge in [-0.25, -0.2) is 0 Å². The molecule has 94 heavy (non-hydrogen) atoms. The van der Waals surface area contributed by atoms with Crippen LogP contribution in [0.4, 0.5) is 34.1 Å². The monoisotopic (exact) mass is 1210 g/mol. The summed E-state index contributed by atoms with van der Waals surface area (Å²) in [6.45, 7) is -0.191. The Labute approximate surface area is 553 Å². The minimum Gasteiger partial charge on any atom is -0.311 e. The Kier molecular flexibility index (Phi) is 14.5. The maximum atomic E-state index is 2.55. The van der Waals surface area contributed by atoms with Crippen molar-refractivity contribution in [1.82, 2.24) is 0 Å². The number of para-hydroxylation sites is 2. The average molecular weight is 1220 g/mol. The number of nitrogens with zero attached hydrogens (tertiary/aromatic N) is 2. The van der Waals surface area contributed by atoms with Crippen molar-refractivity contribution >= 4 is 67.3 Å². The predicted molar refractivity (Wildman–Crippen MR) is 398 cm³/mol.